The predicted molar refractivity (Wildman–Crippen MR) is 140 cm³/mol. The van der Waals surface area contributed by atoms with Crippen LogP contribution >= 0.6 is 0 Å². The first-order valence-electron chi connectivity index (χ1n) is 12.4. The molecule has 1 aliphatic heterocycles. The number of ether oxygens (including phenoxy) is 6. The van der Waals surface area contributed by atoms with Gasteiger partial charge < -0.3 is 64.2 Å². The summed E-state index contributed by atoms with van der Waals surface area (Å²) in [5.41, 5.74) is 0.938. The van der Waals surface area contributed by atoms with E-state index in [2.05, 4.69) is 0 Å². The van der Waals surface area contributed by atoms with Crippen molar-refractivity contribution in [1.29, 1.82) is 0 Å². The van der Waals surface area contributed by atoms with Gasteiger partial charge in [-0.1, -0.05) is 18.2 Å². The van der Waals surface area contributed by atoms with Gasteiger partial charge in [0.25, 0.3) is 0 Å². The van der Waals surface area contributed by atoms with E-state index in [1.165, 1.54) is 45.6 Å². The third-order valence-corrected chi connectivity index (χ3v) is 6.32. The Morgan fingerprint density at radius 1 is 0.850 bits per heavy atom. The maximum Gasteiger partial charge on any atom is 0.229 e. The van der Waals surface area contributed by atoms with Gasteiger partial charge in [0, 0.05) is 0 Å². The van der Waals surface area contributed by atoms with Crippen LogP contribution in [0.1, 0.15) is 17.2 Å². The molecule has 40 heavy (non-hydrogen) atoms. The van der Waals surface area contributed by atoms with Crippen LogP contribution in [0.5, 0.6) is 28.7 Å². The minimum absolute atomic E-state index is 0.0686. The smallest absolute Gasteiger partial charge is 0.229 e. The quantitative estimate of drug-likeness (QED) is 0.161. The summed E-state index contributed by atoms with van der Waals surface area (Å²) in [6, 6.07) is 7.58. The summed E-state index contributed by atoms with van der Waals surface area (Å²) in [5, 5.41) is 69.9. The van der Waals surface area contributed by atoms with E-state index in [-0.39, 0.29) is 40.9 Å². The summed E-state index contributed by atoms with van der Waals surface area (Å²) in [4.78, 5) is 0. The summed E-state index contributed by atoms with van der Waals surface area (Å²) >= 11 is 0. The number of hydrogen-bond acceptors (Lipinski definition) is 13. The van der Waals surface area contributed by atoms with E-state index in [4.69, 9.17) is 33.5 Å². The second-order valence-corrected chi connectivity index (χ2v) is 8.85. The monoisotopic (exact) mass is 568 g/mol. The van der Waals surface area contributed by atoms with Crippen LogP contribution in [0.15, 0.2) is 36.4 Å². The van der Waals surface area contributed by atoms with Crippen molar-refractivity contribution in [3.05, 3.63) is 47.5 Å². The maximum absolute atomic E-state index is 11.1. The first kappa shape index (κ1) is 31.4. The number of hydrogen-bond donors (Lipinski definition) is 7. The van der Waals surface area contributed by atoms with Crippen LogP contribution in [-0.2, 0) is 4.74 Å². The van der Waals surface area contributed by atoms with Crippen LogP contribution in [0.2, 0.25) is 0 Å². The van der Waals surface area contributed by atoms with Gasteiger partial charge in [-0.3, -0.25) is 0 Å². The normalized spacial score (nSPS) is 24.4. The van der Waals surface area contributed by atoms with Crippen molar-refractivity contribution >= 4 is 6.08 Å². The van der Waals surface area contributed by atoms with Gasteiger partial charge in [-0.2, -0.15) is 0 Å². The topological polar surface area (TPSA) is 197 Å². The summed E-state index contributed by atoms with van der Waals surface area (Å²) in [6.45, 7) is -1.37. The fourth-order valence-corrected chi connectivity index (χ4v) is 4.12. The molecule has 13 nitrogen and oxygen atoms in total. The van der Waals surface area contributed by atoms with Crippen molar-refractivity contribution in [2.45, 2.75) is 42.9 Å². The Bertz CT molecular complexity index is 1100. The highest BCUT2D eigenvalue weighted by atomic mass is 16.7. The fraction of sp³-hybridized carbons (Fsp3) is 0.481. The lowest BCUT2D eigenvalue weighted by Gasteiger charge is -2.39. The molecule has 0 amide bonds. The lowest BCUT2D eigenvalue weighted by atomic mass is 9.99. The zero-order valence-electron chi connectivity index (χ0n) is 22.3. The zero-order valence-corrected chi connectivity index (χ0v) is 22.3. The standard InChI is InChI=1S/C27H36O13/c1-35-17-11-15(6-7-16(17)39-27-25(34)24(33)23(32)21(13-30)40-27)22(31)20(12-29)38-26-18(36-2)9-14(5-4-8-28)10-19(26)37-3/h4-7,9-11,20-25,27-34H,8,12-13H2,1-3H3/t20-,21-,22-,23-,24-,25+,27-/m0/s1. The Morgan fingerprint density at radius 3 is 2.05 bits per heavy atom. The number of benzene rings is 2. The lowest BCUT2D eigenvalue weighted by Crippen LogP contribution is -2.60. The minimum atomic E-state index is -1.63. The van der Waals surface area contributed by atoms with E-state index in [0.29, 0.717) is 5.56 Å². The van der Waals surface area contributed by atoms with Gasteiger partial charge in [0.2, 0.25) is 12.0 Å². The first-order valence-corrected chi connectivity index (χ1v) is 12.4. The van der Waals surface area contributed by atoms with E-state index in [1.807, 2.05) is 0 Å². The number of rotatable bonds is 13. The van der Waals surface area contributed by atoms with E-state index in [9.17, 15) is 30.6 Å². The van der Waals surface area contributed by atoms with Crippen molar-refractivity contribution in [2.24, 2.45) is 0 Å². The molecule has 1 heterocycles. The van der Waals surface area contributed by atoms with Gasteiger partial charge in [0.05, 0.1) is 41.2 Å². The van der Waals surface area contributed by atoms with Gasteiger partial charge in [-0.25, -0.2) is 0 Å². The Kier molecular flexibility index (Phi) is 11.4. The summed E-state index contributed by atoms with van der Waals surface area (Å²) < 4.78 is 33.2. The Balaban J connectivity index is 1.84. The van der Waals surface area contributed by atoms with Crippen molar-refractivity contribution in [3.63, 3.8) is 0 Å². The Labute approximate surface area is 231 Å². The van der Waals surface area contributed by atoms with Gasteiger partial charge in [-0.15, -0.1) is 0 Å². The van der Waals surface area contributed by atoms with Crippen LogP contribution < -0.4 is 23.7 Å². The van der Waals surface area contributed by atoms with Crippen molar-refractivity contribution in [1.82, 2.24) is 0 Å². The third kappa shape index (κ3) is 6.95. The molecule has 0 unspecified atom stereocenters. The Hall–Kier alpha value is -3.14. The molecule has 7 atom stereocenters. The molecule has 0 aromatic heterocycles. The van der Waals surface area contributed by atoms with Crippen LogP contribution in [0.25, 0.3) is 6.08 Å². The molecule has 0 bridgehead atoms. The second-order valence-electron chi connectivity index (χ2n) is 8.85. The molecule has 13 heteroatoms. The van der Waals surface area contributed by atoms with Crippen LogP contribution in [0.4, 0.5) is 0 Å². The molecule has 0 aliphatic carbocycles. The van der Waals surface area contributed by atoms with Crippen LogP contribution in [0.3, 0.4) is 0 Å². The van der Waals surface area contributed by atoms with Crippen molar-refractivity contribution in [2.75, 3.05) is 41.2 Å². The van der Waals surface area contributed by atoms with Crippen LogP contribution in [-0.4, -0.2) is 114 Å². The minimum Gasteiger partial charge on any atom is -0.493 e. The van der Waals surface area contributed by atoms with E-state index in [1.54, 1.807) is 18.2 Å². The second kappa shape index (κ2) is 14.5. The van der Waals surface area contributed by atoms with E-state index in [0.717, 1.165) is 0 Å². The molecule has 2 aromatic rings. The molecule has 1 aliphatic rings. The molecule has 222 valence electrons. The molecule has 1 saturated heterocycles. The SMILES string of the molecule is COc1cc([C@H](O)[C@H](CO)Oc2c(OC)cc(C=CCO)cc2OC)ccc1O[C@H]1O[C@@H](CO)[C@H](O)[C@H](O)[C@H]1O. The number of methoxy groups -OCH3 is 3. The molecule has 1 fully saturated rings. The van der Waals surface area contributed by atoms with Gasteiger partial charge >= 0.3 is 0 Å². The zero-order chi connectivity index (χ0) is 29.4. The fourth-order valence-electron chi connectivity index (χ4n) is 4.12. The molecule has 2 aromatic carbocycles. The average Bonchev–Trinajstić information content (AvgIpc) is 2.98. The van der Waals surface area contributed by atoms with E-state index >= 15 is 0 Å². The molecule has 3 rings (SSSR count). The molecular weight excluding hydrogens is 532 g/mol. The van der Waals surface area contributed by atoms with Gasteiger partial charge in [0.1, 0.15) is 30.5 Å². The largest absolute Gasteiger partial charge is 0.493 e. The molecular formula is C27H36O13. The summed E-state index contributed by atoms with van der Waals surface area (Å²) in [5.74, 6) is 0.852. The maximum atomic E-state index is 11.1. The molecule has 0 spiro atoms. The molecule has 0 saturated carbocycles. The van der Waals surface area contributed by atoms with Crippen molar-refractivity contribution < 1.29 is 64.2 Å². The lowest BCUT2D eigenvalue weighted by molar-refractivity contribution is -0.277. The molecule has 7 N–H and O–H groups in total. The van der Waals surface area contributed by atoms with Gasteiger partial charge in [0.15, 0.2) is 29.1 Å². The molecule has 0 radical (unpaired) electrons. The van der Waals surface area contributed by atoms with E-state index < -0.39 is 56.1 Å². The first-order chi connectivity index (χ1) is 19.2. The third-order valence-electron chi connectivity index (χ3n) is 6.32. The number of aliphatic hydroxyl groups is 7. The van der Waals surface area contributed by atoms with Gasteiger partial charge in [-0.05, 0) is 35.4 Å². The van der Waals surface area contributed by atoms with Crippen molar-refractivity contribution in [3.8, 4) is 28.7 Å². The number of aliphatic hydroxyl groups excluding tert-OH is 7. The highest BCUT2D eigenvalue weighted by Crippen LogP contribution is 2.41. The summed E-state index contributed by atoms with van der Waals surface area (Å²) in [6.07, 6.45) is -6.75. The predicted octanol–water partition coefficient (Wildman–Crippen LogP) is -0.630. The van der Waals surface area contributed by atoms with Crippen LogP contribution in [0, 0.1) is 0 Å². The summed E-state index contributed by atoms with van der Waals surface area (Å²) in [7, 11) is 4.18. The highest BCUT2D eigenvalue weighted by molar-refractivity contribution is 5.62. The Morgan fingerprint density at radius 2 is 1.50 bits per heavy atom. The average molecular weight is 569 g/mol. The highest BCUT2D eigenvalue weighted by Gasteiger charge is 2.45.